The first-order valence-corrected chi connectivity index (χ1v) is 7.92. The van der Waals surface area contributed by atoms with Crippen LogP contribution in [0.4, 0.5) is 5.13 Å². The second-order valence-corrected chi connectivity index (χ2v) is 6.18. The van der Waals surface area contributed by atoms with E-state index in [0.717, 1.165) is 5.69 Å². The first-order valence-electron chi connectivity index (χ1n) is 7.04. The Labute approximate surface area is 134 Å². The van der Waals surface area contributed by atoms with Crippen molar-refractivity contribution in [3.63, 3.8) is 0 Å². The lowest BCUT2D eigenvalue weighted by Crippen LogP contribution is -2.12. The number of aryl methyl sites for hydroxylation is 1. The number of nitrogens with zero attached hydrogens (tertiary/aromatic N) is 1. The van der Waals surface area contributed by atoms with E-state index in [0.29, 0.717) is 34.7 Å². The van der Waals surface area contributed by atoms with E-state index in [2.05, 4.69) is 24.1 Å². The van der Waals surface area contributed by atoms with Crippen LogP contribution in [0.3, 0.4) is 0 Å². The van der Waals surface area contributed by atoms with E-state index in [1.165, 1.54) is 11.3 Å². The number of methoxy groups -OCH3 is 1. The van der Waals surface area contributed by atoms with Crippen LogP contribution < -0.4 is 14.8 Å². The van der Waals surface area contributed by atoms with Gasteiger partial charge in [0, 0.05) is 10.9 Å². The summed E-state index contributed by atoms with van der Waals surface area (Å²) >= 11 is 1.40. The van der Waals surface area contributed by atoms with Crippen LogP contribution in [0.15, 0.2) is 23.6 Å². The average molecular weight is 320 g/mol. The van der Waals surface area contributed by atoms with E-state index in [1.54, 1.807) is 25.3 Å². The number of aromatic nitrogens is 1. The number of thiazole rings is 1. The third kappa shape index (κ3) is 4.21. The minimum Gasteiger partial charge on any atom is -0.493 e. The molecular weight excluding hydrogens is 300 g/mol. The summed E-state index contributed by atoms with van der Waals surface area (Å²) in [6, 6.07) is 5.14. The third-order valence-corrected chi connectivity index (χ3v) is 3.71. The van der Waals surface area contributed by atoms with Crippen LogP contribution in [0.5, 0.6) is 11.5 Å². The Hall–Kier alpha value is -2.08. The molecular formula is C16H20N2O3S. The Balaban J connectivity index is 2.12. The second kappa shape index (κ2) is 7.26. The minimum absolute atomic E-state index is 0.219. The molecule has 0 aliphatic carbocycles. The van der Waals surface area contributed by atoms with Gasteiger partial charge in [-0.1, -0.05) is 13.8 Å². The van der Waals surface area contributed by atoms with Gasteiger partial charge < -0.3 is 9.47 Å². The monoisotopic (exact) mass is 320 g/mol. The van der Waals surface area contributed by atoms with Crippen molar-refractivity contribution in [1.82, 2.24) is 4.98 Å². The summed E-state index contributed by atoms with van der Waals surface area (Å²) in [5, 5.41) is 5.24. The second-order valence-electron chi connectivity index (χ2n) is 5.32. The summed E-state index contributed by atoms with van der Waals surface area (Å²) in [6.07, 6.45) is 0. The topological polar surface area (TPSA) is 60.5 Å². The van der Waals surface area contributed by atoms with Crippen LogP contribution in [0.1, 0.15) is 29.9 Å². The van der Waals surface area contributed by atoms with Crippen molar-refractivity contribution >= 4 is 22.4 Å². The number of rotatable bonds is 6. The fourth-order valence-electron chi connectivity index (χ4n) is 1.77. The lowest BCUT2D eigenvalue weighted by Gasteiger charge is -2.13. The molecule has 1 N–H and O–H groups in total. The standard InChI is InChI=1S/C16H20N2O3S/c1-10(2)8-21-13-6-5-12(7-14(13)20-4)15(19)18-16-17-11(3)9-22-16/h5-7,9-10H,8H2,1-4H3,(H,17,18,19). The number of amides is 1. The Morgan fingerprint density at radius 2 is 2.14 bits per heavy atom. The van der Waals surface area contributed by atoms with E-state index < -0.39 is 0 Å². The largest absolute Gasteiger partial charge is 0.493 e. The Morgan fingerprint density at radius 1 is 1.36 bits per heavy atom. The molecule has 2 rings (SSSR count). The van der Waals surface area contributed by atoms with E-state index >= 15 is 0 Å². The maximum Gasteiger partial charge on any atom is 0.257 e. The molecule has 0 saturated heterocycles. The van der Waals surface area contributed by atoms with Gasteiger partial charge in [-0.3, -0.25) is 10.1 Å². The van der Waals surface area contributed by atoms with Crippen molar-refractivity contribution in [2.75, 3.05) is 19.0 Å². The number of ether oxygens (including phenoxy) is 2. The molecule has 1 aromatic carbocycles. The summed E-state index contributed by atoms with van der Waals surface area (Å²) in [4.78, 5) is 16.4. The third-order valence-electron chi connectivity index (χ3n) is 2.84. The first-order chi connectivity index (χ1) is 10.5. The van der Waals surface area contributed by atoms with Crippen LogP contribution in [0, 0.1) is 12.8 Å². The first kappa shape index (κ1) is 16.3. The van der Waals surface area contributed by atoms with Gasteiger partial charge in [0.1, 0.15) is 0 Å². The quantitative estimate of drug-likeness (QED) is 0.880. The number of anilines is 1. The zero-order valence-corrected chi connectivity index (χ0v) is 14.0. The van der Waals surface area contributed by atoms with Crippen molar-refractivity contribution < 1.29 is 14.3 Å². The highest BCUT2D eigenvalue weighted by Gasteiger charge is 2.13. The maximum absolute atomic E-state index is 12.2. The highest BCUT2D eigenvalue weighted by Crippen LogP contribution is 2.29. The molecule has 0 unspecified atom stereocenters. The molecule has 118 valence electrons. The molecule has 6 heteroatoms. The molecule has 1 amide bonds. The van der Waals surface area contributed by atoms with Gasteiger partial charge in [0.05, 0.1) is 19.4 Å². The number of carbonyl (C=O) groups excluding carboxylic acids is 1. The predicted octanol–water partition coefficient (Wildman–Crippen LogP) is 3.75. The molecule has 22 heavy (non-hydrogen) atoms. The molecule has 1 heterocycles. The zero-order valence-electron chi connectivity index (χ0n) is 13.2. The summed E-state index contributed by atoms with van der Waals surface area (Å²) in [7, 11) is 1.56. The normalized spacial score (nSPS) is 10.6. The zero-order chi connectivity index (χ0) is 16.1. The fraction of sp³-hybridized carbons (Fsp3) is 0.375. The van der Waals surface area contributed by atoms with Gasteiger partial charge in [0.25, 0.3) is 5.91 Å². The lowest BCUT2D eigenvalue weighted by molar-refractivity contribution is 0.102. The molecule has 0 spiro atoms. The number of nitrogens with one attached hydrogen (secondary N) is 1. The maximum atomic E-state index is 12.2. The molecule has 0 atom stereocenters. The molecule has 0 bridgehead atoms. The van der Waals surface area contributed by atoms with Crippen molar-refractivity contribution in [2.24, 2.45) is 5.92 Å². The molecule has 0 radical (unpaired) electrons. The van der Waals surface area contributed by atoms with Crippen molar-refractivity contribution in [3.05, 3.63) is 34.8 Å². The summed E-state index contributed by atoms with van der Waals surface area (Å²) in [6.45, 7) is 6.63. The SMILES string of the molecule is COc1cc(C(=O)Nc2nc(C)cs2)ccc1OCC(C)C. The smallest absolute Gasteiger partial charge is 0.257 e. The van der Waals surface area contributed by atoms with Crippen molar-refractivity contribution in [2.45, 2.75) is 20.8 Å². The molecule has 2 aromatic rings. The summed E-state index contributed by atoms with van der Waals surface area (Å²) in [5.74, 6) is 1.38. The molecule has 0 fully saturated rings. The summed E-state index contributed by atoms with van der Waals surface area (Å²) in [5.41, 5.74) is 1.39. The van der Waals surface area contributed by atoms with Gasteiger partial charge in [-0.25, -0.2) is 4.98 Å². The minimum atomic E-state index is -0.219. The van der Waals surface area contributed by atoms with E-state index in [9.17, 15) is 4.79 Å². The van der Waals surface area contributed by atoms with Gasteiger partial charge >= 0.3 is 0 Å². The van der Waals surface area contributed by atoms with Crippen LogP contribution in [-0.4, -0.2) is 24.6 Å². The average Bonchev–Trinajstić information content (AvgIpc) is 2.89. The number of hydrogen-bond acceptors (Lipinski definition) is 5. The van der Waals surface area contributed by atoms with E-state index in [-0.39, 0.29) is 5.91 Å². The van der Waals surface area contributed by atoms with Crippen LogP contribution in [0.25, 0.3) is 0 Å². The molecule has 5 nitrogen and oxygen atoms in total. The number of benzene rings is 1. The van der Waals surface area contributed by atoms with Crippen LogP contribution in [-0.2, 0) is 0 Å². The molecule has 1 aromatic heterocycles. The number of hydrogen-bond donors (Lipinski definition) is 1. The van der Waals surface area contributed by atoms with Gasteiger partial charge in [0.2, 0.25) is 0 Å². The molecule has 0 saturated carbocycles. The van der Waals surface area contributed by atoms with Gasteiger partial charge in [-0.2, -0.15) is 0 Å². The fourth-order valence-corrected chi connectivity index (χ4v) is 2.45. The van der Waals surface area contributed by atoms with Gasteiger partial charge in [0.15, 0.2) is 16.6 Å². The molecule has 0 aliphatic heterocycles. The van der Waals surface area contributed by atoms with Crippen LogP contribution in [0.2, 0.25) is 0 Å². The highest BCUT2D eigenvalue weighted by atomic mass is 32.1. The predicted molar refractivity (Wildman–Crippen MR) is 88.1 cm³/mol. The van der Waals surface area contributed by atoms with E-state index in [1.807, 2.05) is 12.3 Å². The van der Waals surface area contributed by atoms with E-state index in [4.69, 9.17) is 9.47 Å². The van der Waals surface area contributed by atoms with Crippen molar-refractivity contribution in [3.8, 4) is 11.5 Å². The van der Waals surface area contributed by atoms with Crippen LogP contribution >= 0.6 is 11.3 Å². The number of carbonyl (C=O) groups is 1. The summed E-state index contributed by atoms with van der Waals surface area (Å²) < 4.78 is 11.0. The Kier molecular flexibility index (Phi) is 5.38. The van der Waals surface area contributed by atoms with Gasteiger partial charge in [-0.15, -0.1) is 11.3 Å². The van der Waals surface area contributed by atoms with Crippen molar-refractivity contribution in [1.29, 1.82) is 0 Å². The highest BCUT2D eigenvalue weighted by molar-refractivity contribution is 7.13. The van der Waals surface area contributed by atoms with Gasteiger partial charge in [-0.05, 0) is 31.0 Å². The molecule has 0 aliphatic rings. The Bertz CT molecular complexity index is 653. The Morgan fingerprint density at radius 3 is 2.73 bits per heavy atom. The lowest BCUT2D eigenvalue weighted by atomic mass is 10.2.